The molecule has 3 aliphatic carbocycles. The molecule has 148 valence electrons. The Morgan fingerprint density at radius 2 is 1.11 bits per heavy atom. The molecule has 3 aliphatic rings. The van der Waals surface area contributed by atoms with Crippen LogP contribution in [0.15, 0.2) is 42.4 Å². The van der Waals surface area contributed by atoms with Gasteiger partial charge in [-0.15, -0.1) is 0 Å². The molecule has 28 heavy (non-hydrogen) atoms. The average Bonchev–Trinajstić information content (AvgIpc) is 3.07. The molecule has 8 heteroatoms. The van der Waals surface area contributed by atoms with Crippen LogP contribution in [0, 0.1) is 0 Å². The van der Waals surface area contributed by atoms with Crippen LogP contribution in [0.5, 0.6) is 0 Å². The van der Waals surface area contributed by atoms with Crippen LogP contribution < -0.4 is 0 Å². The first-order valence-electron chi connectivity index (χ1n) is 8.99. The molecule has 0 unspecified atom stereocenters. The van der Waals surface area contributed by atoms with Gasteiger partial charge in [0.15, 0.2) is 23.1 Å². The van der Waals surface area contributed by atoms with Gasteiger partial charge in [-0.05, 0) is 12.8 Å². The Morgan fingerprint density at radius 3 is 1.43 bits per heavy atom. The summed E-state index contributed by atoms with van der Waals surface area (Å²) < 4.78 is 0.961. The first kappa shape index (κ1) is 22.0. The zero-order chi connectivity index (χ0) is 20.9. The van der Waals surface area contributed by atoms with Gasteiger partial charge in [0.25, 0.3) is 0 Å². The highest BCUT2D eigenvalue weighted by molar-refractivity contribution is 9.12. The highest BCUT2D eigenvalue weighted by Crippen LogP contribution is 2.52. The number of thiol groups is 2. The summed E-state index contributed by atoms with van der Waals surface area (Å²) in [6, 6.07) is 0. The van der Waals surface area contributed by atoms with Crippen molar-refractivity contribution in [3.05, 3.63) is 42.4 Å². The van der Waals surface area contributed by atoms with Crippen molar-refractivity contribution in [1.82, 2.24) is 0 Å². The van der Waals surface area contributed by atoms with Crippen molar-refractivity contribution in [2.24, 2.45) is 0 Å². The van der Waals surface area contributed by atoms with Gasteiger partial charge in [0.05, 0.1) is 10.5 Å². The van der Waals surface area contributed by atoms with E-state index in [1.807, 2.05) is 13.8 Å². The monoisotopic (exact) mass is 544 g/mol. The zero-order valence-electron chi connectivity index (χ0n) is 15.3. The minimum atomic E-state index is -0.861. The van der Waals surface area contributed by atoms with E-state index < -0.39 is 22.1 Å². The van der Waals surface area contributed by atoms with Crippen molar-refractivity contribution in [3.63, 3.8) is 0 Å². The number of carbonyl (C=O) groups is 4. The normalized spacial score (nSPS) is 20.6. The predicted molar refractivity (Wildman–Crippen MR) is 121 cm³/mol. The van der Waals surface area contributed by atoms with Gasteiger partial charge >= 0.3 is 0 Å². The molecule has 0 aliphatic heterocycles. The Kier molecular flexibility index (Phi) is 6.44. The maximum Gasteiger partial charge on any atom is 0.195 e. The SMILES string of the molecule is CCCC(=O)C1=C2C(=O)C3=C(Br)C(S)C(Br)=C3C(=O)C2=C(C(=O)CCC)C1S. The van der Waals surface area contributed by atoms with Crippen LogP contribution in [0.25, 0.3) is 0 Å². The number of allylic oxidation sites excluding steroid dienone is 4. The maximum absolute atomic E-state index is 13.4. The Morgan fingerprint density at radius 1 is 0.750 bits per heavy atom. The number of hydrogen-bond acceptors (Lipinski definition) is 6. The van der Waals surface area contributed by atoms with Crippen LogP contribution in [-0.2, 0) is 19.2 Å². The lowest BCUT2D eigenvalue weighted by Crippen LogP contribution is -2.26. The lowest BCUT2D eigenvalue weighted by atomic mass is 9.80. The number of Topliss-reactive ketones (excluding diaryl/α,β-unsaturated/α-hetero) is 4. The number of ketones is 4. The molecule has 0 saturated heterocycles. The summed E-state index contributed by atoms with van der Waals surface area (Å²) in [5.41, 5.74) is 0.846. The standard InChI is InChI=1S/C20H18Br2O4S2/c1-3-5-7(23)9-11-12(10(19(9)27)8(24)6-4-2)18(26)14-13(17(11)25)15(21)20(28)16(14)22/h19-20,27-28H,3-6H2,1-2H3. The van der Waals surface area contributed by atoms with Crippen molar-refractivity contribution < 1.29 is 19.2 Å². The summed E-state index contributed by atoms with van der Waals surface area (Å²) >= 11 is 15.7. The van der Waals surface area contributed by atoms with Crippen molar-refractivity contribution >= 4 is 80.3 Å². The number of halogens is 2. The topological polar surface area (TPSA) is 68.3 Å². The van der Waals surface area contributed by atoms with E-state index in [2.05, 4.69) is 57.1 Å². The highest BCUT2D eigenvalue weighted by atomic mass is 79.9. The molecule has 0 bridgehead atoms. The molecule has 0 N–H and O–H groups in total. The average molecular weight is 546 g/mol. The van der Waals surface area contributed by atoms with Crippen LogP contribution in [0.3, 0.4) is 0 Å². The fourth-order valence-electron chi connectivity index (χ4n) is 3.78. The molecule has 0 aromatic rings. The summed E-state index contributed by atoms with van der Waals surface area (Å²) in [7, 11) is 0. The van der Waals surface area contributed by atoms with Crippen molar-refractivity contribution in [1.29, 1.82) is 0 Å². The van der Waals surface area contributed by atoms with Gasteiger partial charge in [0.2, 0.25) is 0 Å². The minimum Gasteiger partial charge on any atom is -0.294 e. The van der Waals surface area contributed by atoms with Gasteiger partial charge in [-0.1, -0.05) is 45.7 Å². The first-order valence-corrected chi connectivity index (χ1v) is 11.6. The smallest absolute Gasteiger partial charge is 0.195 e. The van der Waals surface area contributed by atoms with E-state index in [1.165, 1.54) is 0 Å². The molecule has 0 aromatic heterocycles. The van der Waals surface area contributed by atoms with Crippen LogP contribution in [0.4, 0.5) is 0 Å². The van der Waals surface area contributed by atoms with E-state index in [4.69, 9.17) is 0 Å². The quantitative estimate of drug-likeness (QED) is 0.486. The molecular formula is C20H18Br2O4S2. The fraction of sp³-hybridized carbons (Fsp3) is 0.400. The maximum atomic E-state index is 13.4. The number of fused-ring (bicyclic) bond motifs is 2. The van der Waals surface area contributed by atoms with E-state index in [0.717, 1.165) is 0 Å². The molecule has 0 spiro atoms. The Balaban J connectivity index is 2.33. The van der Waals surface area contributed by atoms with Gasteiger partial charge in [-0.25, -0.2) is 0 Å². The third kappa shape index (κ3) is 3.11. The van der Waals surface area contributed by atoms with Crippen molar-refractivity contribution in [2.75, 3.05) is 0 Å². The molecule has 4 nitrogen and oxygen atoms in total. The summed E-state index contributed by atoms with van der Waals surface area (Å²) in [5.74, 6) is -1.36. The molecule has 0 amide bonds. The highest BCUT2D eigenvalue weighted by Gasteiger charge is 2.51. The molecule has 0 heterocycles. The fourth-order valence-corrected chi connectivity index (χ4v) is 6.11. The van der Waals surface area contributed by atoms with Gasteiger partial charge < -0.3 is 0 Å². The van der Waals surface area contributed by atoms with E-state index in [-0.39, 0.29) is 57.8 Å². The lowest BCUT2D eigenvalue weighted by Gasteiger charge is -2.20. The molecule has 0 aromatic carbocycles. The summed E-state index contributed by atoms with van der Waals surface area (Å²) in [5, 5.41) is -1.34. The Hall–Kier alpha value is -0.700. The van der Waals surface area contributed by atoms with Crippen LogP contribution in [0.1, 0.15) is 39.5 Å². The Labute approximate surface area is 191 Å². The Bertz CT molecular complexity index is 893. The van der Waals surface area contributed by atoms with Crippen LogP contribution in [0.2, 0.25) is 0 Å². The third-order valence-electron chi connectivity index (χ3n) is 5.01. The van der Waals surface area contributed by atoms with Gasteiger partial charge in [-0.3, -0.25) is 19.2 Å². The van der Waals surface area contributed by atoms with Crippen LogP contribution in [-0.4, -0.2) is 33.6 Å². The predicted octanol–water partition coefficient (Wildman–Crippen LogP) is 4.39. The molecule has 1 fully saturated rings. The summed E-state index contributed by atoms with van der Waals surface area (Å²) in [6.45, 7) is 3.72. The largest absolute Gasteiger partial charge is 0.294 e. The van der Waals surface area contributed by atoms with Crippen molar-refractivity contribution in [3.8, 4) is 0 Å². The minimum absolute atomic E-state index is 0.0429. The molecule has 0 atom stereocenters. The number of carbonyl (C=O) groups excluding carboxylic acids is 4. The number of rotatable bonds is 6. The number of hydrogen-bond donors (Lipinski definition) is 2. The molecule has 1 saturated carbocycles. The van der Waals surface area contributed by atoms with E-state index in [1.54, 1.807) is 0 Å². The molecule has 0 radical (unpaired) electrons. The molecule has 3 rings (SSSR count). The summed E-state index contributed by atoms with van der Waals surface area (Å²) in [4.78, 5) is 52.5. The lowest BCUT2D eigenvalue weighted by molar-refractivity contribution is -0.118. The van der Waals surface area contributed by atoms with Gasteiger partial charge in [0, 0.05) is 55.2 Å². The second-order valence-corrected chi connectivity index (χ2v) is 9.57. The van der Waals surface area contributed by atoms with Gasteiger partial charge in [0.1, 0.15) is 0 Å². The van der Waals surface area contributed by atoms with E-state index in [0.29, 0.717) is 21.8 Å². The second kappa shape index (κ2) is 8.20. The van der Waals surface area contributed by atoms with Crippen LogP contribution >= 0.6 is 57.1 Å². The van der Waals surface area contributed by atoms with E-state index >= 15 is 0 Å². The third-order valence-corrected chi connectivity index (χ3v) is 8.46. The van der Waals surface area contributed by atoms with Gasteiger partial charge in [-0.2, -0.15) is 25.3 Å². The first-order chi connectivity index (χ1) is 13.2. The molecular weight excluding hydrogens is 528 g/mol. The van der Waals surface area contributed by atoms with Crippen molar-refractivity contribution in [2.45, 2.75) is 50.0 Å². The second-order valence-electron chi connectivity index (χ2n) is 6.83. The zero-order valence-corrected chi connectivity index (χ0v) is 20.2. The van der Waals surface area contributed by atoms with E-state index in [9.17, 15) is 19.2 Å². The summed E-state index contributed by atoms with van der Waals surface area (Å²) in [6.07, 6.45) is 1.63.